The lowest BCUT2D eigenvalue weighted by atomic mass is 10.2. The van der Waals surface area contributed by atoms with Gasteiger partial charge in [0.25, 0.3) is 0 Å². The Bertz CT molecular complexity index is 528. The number of rotatable bonds is 12. The molecule has 0 spiro atoms. The average molecular weight is 351 g/mol. The number of hydrogen-bond donors (Lipinski definition) is 0. The highest BCUT2D eigenvalue weighted by Crippen LogP contribution is 2.09. The van der Waals surface area contributed by atoms with Crippen molar-refractivity contribution in [3.63, 3.8) is 0 Å². The second kappa shape index (κ2) is 11.7. The van der Waals surface area contributed by atoms with Gasteiger partial charge in [-0.25, -0.2) is 0 Å². The summed E-state index contributed by atoms with van der Waals surface area (Å²) >= 11 is 0. The van der Waals surface area contributed by atoms with Crippen LogP contribution in [0.15, 0.2) is 18.3 Å². The molecule has 0 radical (unpaired) electrons. The Morgan fingerprint density at radius 1 is 1.12 bits per heavy atom. The average Bonchev–Trinajstić information content (AvgIpc) is 3.00. The highest BCUT2D eigenvalue weighted by molar-refractivity contribution is 5.84. The maximum Gasteiger partial charge on any atom is 0.242 e. The first-order valence-electron chi connectivity index (χ1n) is 9.18. The summed E-state index contributed by atoms with van der Waals surface area (Å²) in [6.07, 6.45) is 5.20. The van der Waals surface area contributed by atoms with Gasteiger partial charge in [0.15, 0.2) is 0 Å². The van der Waals surface area contributed by atoms with Crippen molar-refractivity contribution in [2.75, 3.05) is 33.4 Å². The Labute approximate surface area is 151 Å². The molecular weight excluding hydrogens is 318 g/mol. The number of hydrogen-bond acceptors (Lipinski definition) is 3. The second-order valence-electron chi connectivity index (χ2n) is 6.34. The van der Waals surface area contributed by atoms with E-state index in [2.05, 4.69) is 6.92 Å². The Morgan fingerprint density at radius 2 is 1.88 bits per heavy atom. The minimum absolute atomic E-state index is 0.00444. The van der Waals surface area contributed by atoms with E-state index in [-0.39, 0.29) is 18.4 Å². The van der Waals surface area contributed by atoms with Crippen LogP contribution in [0.4, 0.5) is 0 Å². The van der Waals surface area contributed by atoms with Crippen LogP contribution in [0.5, 0.6) is 0 Å². The van der Waals surface area contributed by atoms with E-state index in [1.165, 1.54) is 0 Å². The molecule has 1 rings (SSSR count). The van der Waals surface area contributed by atoms with E-state index in [4.69, 9.17) is 4.74 Å². The standard InChI is InChI=1S/C19H33N3O3/c1-5-7-12-21(15-17-10-8-11-20(17)3)19(24)16-22(13-14-25-4)18(23)9-6-2/h8,10-11H,5-7,9,12-16H2,1-4H3. The number of aromatic nitrogens is 1. The molecule has 0 bridgehead atoms. The lowest BCUT2D eigenvalue weighted by Crippen LogP contribution is -2.44. The summed E-state index contributed by atoms with van der Waals surface area (Å²) in [5.41, 5.74) is 1.09. The summed E-state index contributed by atoms with van der Waals surface area (Å²) in [6.45, 7) is 6.37. The molecule has 0 N–H and O–H groups in total. The molecular formula is C19H33N3O3. The highest BCUT2D eigenvalue weighted by atomic mass is 16.5. The predicted octanol–water partition coefficient (Wildman–Crippen LogP) is 2.43. The summed E-state index contributed by atoms with van der Waals surface area (Å²) < 4.78 is 7.11. The first-order chi connectivity index (χ1) is 12.0. The molecule has 0 atom stereocenters. The number of unbranched alkanes of at least 4 members (excludes halogenated alkanes) is 1. The third kappa shape index (κ3) is 7.30. The van der Waals surface area contributed by atoms with Crippen molar-refractivity contribution in [1.82, 2.24) is 14.4 Å². The molecule has 0 unspecified atom stereocenters. The van der Waals surface area contributed by atoms with Gasteiger partial charge >= 0.3 is 0 Å². The molecule has 0 aliphatic carbocycles. The lowest BCUT2D eigenvalue weighted by Gasteiger charge is -2.28. The maximum atomic E-state index is 12.9. The van der Waals surface area contributed by atoms with Gasteiger partial charge in [-0.2, -0.15) is 0 Å². The van der Waals surface area contributed by atoms with Crippen molar-refractivity contribution in [2.45, 2.75) is 46.1 Å². The van der Waals surface area contributed by atoms with Crippen molar-refractivity contribution in [3.8, 4) is 0 Å². The van der Waals surface area contributed by atoms with Crippen LogP contribution >= 0.6 is 0 Å². The Hall–Kier alpha value is -1.82. The third-order valence-electron chi connectivity index (χ3n) is 4.25. The van der Waals surface area contributed by atoms with Gasteiger partial charge in [0.1, 0.15) is 0 Å². The molecule has 1 aromatic heterocycles. The van der Waals surface area contributed by atoms with E-state index in [1.54, 1.807) is 12.0 Å². The van der Waals surface area contributed by atoms with E-state index >= 15 is 0 Å². The van der Waals surface area contributed by atoms with Gasteiger partial charge in [0.05, 0.1) is 19.7 Å². The van der Waals surface area contributed by atoms with Crippen molar-refractivity contribution < 1.29 is 14.3 Å². The number of nitrogens with zero attached hydrogens (tertiary/aromatic N) is 3. The van der Waals surface area contributed by atoms with Gasteiger partial charge in [-0.05, 0) is 25.0 Å². The SMILES string of the molecule is CCCCN(Cc1cccn1C)C(=O)CN(CCOC)C(=O)CCC. The number of amides is 2. The fraction of sp³-hybridized carbons (Fsp3) is 0.684. The molecule has 0 aliphatic rings. The van der Waals surface area contributed by atoms with Crippen molar-refractivity contribution in [2.24, 2.45) is 7.05 Å². The van der Waals surface area contributed by atoms with Crippen LogP contribution in [0.3, 0.4) is 0 Å². The van der Waals surface area contributed by atoms with E-state index in [1.807, 2.05) is 41.8 Å². The second-order valence-corrected chi connectivity index (χ2v) is 6.34. The van der Waals surface area contributed by atoms with Crippen molar-refractivity contribution in [3.05, 3.63) is 24.0 Å². The van der Waals surface area contributed by atoms with Crippen LogP contribution in [-0.2, 0) is 27.9 Å². The van der Waals surface area contributed by atoms with E-state index in [9.17, 15) is 9.59 Å². The molecule has 25 heavy (non-hydrogen) atoms. The molecule has 0 saturated heterocycles. The van der Waals surface area contributed by atoms with E-state index < -0.39 is 0 Å². The normalized spacial score (nSPS) is 10.7. The number of aryl methyl sites for hydroxylation is 1. The minimum Gasteiger partial charge on any atom is -0.383 e. The minimum atomic E-state index is -0.00444. The van der Waals surface area contributed by atoms with Crippen LogP contribution in [0.1, 0.15) is 45.2 Å². The third-order valence-corrected chi connectivity index (χ3v) is 4.25. The topological polar surface area (TPSA) is 54.8 Å². The summed E-state index contributed by atoms with van der Waals surface area (Å²) in [5, 5.41) is 0. The Balaban J connectivity index is 2.78. The zero-order chi connectivity index (χ0) is 18.7. The molecule has 2 amide bonds. The number of ether oxygens (including phenoxy) is 1. The molecule has 1 heterocycles. The van der Waals surface area contributed by atoms with Gasteiger partial charge in [-0.15, -0.1) is 0 Å². The smallest absolute Gasteiger partial charge is 0.242 e. The molecule has 142 valence electrons. The molecule has 0 saturated carbocycles. The fourth-order valence-corrected chi connectivity index (χ4v) is 2.63. The molecule has 0 aromatic carbocycles. The number of methoxy groups -OCH3 is 1. The lowest BCUT2D eigenvalue weighted by molar-refractivity contribution is -0.141. The monoisotopic (exact) mass is 351 g/mol. The van der Waals surface area contributed by atoms with Crippen LogP contribution in [0.25, 0.3) is 0 Å². The van der Waals surface area contributed by atoms with Crippen molar-refractivity contribution in [1.29, 1.82) is 0 Å². The first-order valence-corrected chi connectivity index (χ1v) is 9.18. The molecule has 0 fully saturated rings. The van der Waals surface area contributed by atoms with Crippen LogP contribution in [0.2, 0.25) is 0 Å². The maximum absolute atomic E-state index is 12.9. The van der Waals surface area contributed by atoms with Gasteiger partial charge < -0.3 is 19.1 Å². The van der Waals surface area contributed by atoms with Crippen LogP contribution < -0.4 is 0 Å². The zero-order valence-electron chi connectivity index (χ0n) is 16.2. The summed E-state index contributed by atoms with van der Waals surface area (Å²) in [4.78, 5) is 28.6. The zero-order valence-corrected chi connectivity index (χ0v) is 16.2. The quantitative estimate of drug-likeness (QED) is 0.581. The van der Waals surface area contributed by atoms with Gasteiger partial charge in [-0.1, -0.05) is 20.3 Å². The van der Waals surface area contributed by atoms with E-state index in [0.29, 0.717) is 32.7 Å². The van der Waals surface area contributed by atoms with Gasteiger partial charge in [0.2, 0.25) is 11.8 Å². The van der Waals surface area contributed by atoms with Crippen LogP contribution in [0, 0.1) is 0 Å². The van der Waals surface area contributed by atoms with E-state index in [0.717, 1.165) is 25.0 Å². The number of carbonyl (C=O) groups excluding carboxylic acids is 2. The Morgan fingerprint density at radius 3 is 2.44 bits per heavy atom. The molecule has 1 aromatic rings. The number of carbonyl (C=O) groups is 2. The van der Waals surface area contributed by atoms with Gasteiger partial charge in [-0.3, -0.25) is 9.59 Å². The molecule has 0 aliphatic heterocycles. The fourth-order valence-electron chi connectivity index (χ4n) is 2.63. The Kier molecular flexibility index (Phi) is 9.92. The van der Waals surface area contributed by atoms with Crippen molar-refractivity contribution >= 4 is 11.8 Å². The van der Waals surface area contributed by atoms with Gasteiger partial charge in [0, 0.05) is 45.6 Å². The summed E-state index contributed by atoms with van der Waals surface area (Å²) in [5.74, 6) is 0.0115. The molecule has 6 heteroatoms. The first kappa shape index (κ1) is 21.2. The molecule has 6 nitrogen and oxygen atoms in total. The summed E-state index contributed by atoms with van der Waals surface area (Å²) in [7, 11) is 3.58. The van der Waals surface area contributed by atoms with Crippen LogP contribution in [-0.4, -0.2) is 59.5 Å². The largest absolute Gasteiger partial charge is 0.383 e. The predicted molar refractivity (Wildman–Crippen MR) is 99.1 cm³/mol. The summed E-state index contributed by atoms with van der Waals surface area (Å²) in [6, 6.07) is 4.00. The highest BCUT2D eigenvalue weighted by Gasteiger charge is 2.21.